The SMILES string of the molecule is CN1CCC(NC(=O)c2cc(N(C)S(=O)(=O)c3ccc(F)cc3F)cc3c2NC(=O)C32CCC2)CC1. The summed E-state index contributed by atoms with van der Waals surface area (Å²) in [5.41, 5.74) is 0.452. The van der Waals surface area contributed by atoms with Crippen LogP contribution >= 0.6 is 0 Å². The number of fused-ring (bicyclic) bond motifs is 2. The zero-order valence-electron chi connectivity index (χ0n) is 20.1. The van der Waals surface area contributed by atoms with Crippen LogP contribution in [-0.2, 0) is 20.2 Å². The normalized spacial score (nSPS) is 19.5. The van der Waals surface area contributed by atoms with Crippen LogP contribution in [0.3, 0.4) is 0 Å². The second-order valence-electron chi connectivity index (χ2n) is 9.90. The van der Waals surface area contributed by atoms with Crippen LogP contribution in [0.15, 0.2) is 35.2 Å². The number of amides is 2. The Labute approximate surface area is 208 Å². The van der Waals surface area contributed by atoms with Crippen molar-refractivity contribution in [2.24, 2.45) is 0 Å². The number of halogens is 2. The third-order valence-corrected chi connectivity index (χ3v) is 9.53. The molecule has 2 fully saturated rings. The molecule has 36 heavy (non-hydrogen) atoms. The Kier molecular flexibility index (Phi) is 6.03. The number of carbonyl (C=O) groups excluding carboxylic acids is 2. The van der Waals surface area contributed by atoms with Gasteiger partial charge in [-0.2, -0.15) is 0 Å². The van der Waals surface area contributed by atoms with E-state index >= 15 is 0 Å². The molecular formula is C25H28F2N4O4S. The number of sulfonamides is 1. The Morgan fingerprint density at radius 1 is 1.17 bits per heavy atom. The molecule has 192 valence electrons. The van der Waals surface area contributed by atoms with Gasteiger partial charge in [0.1, 0.15) is 16.5 Å². The molecule has 1 aliphatic carbocycles. The average Bonchev–Trinajstić information content (AvgIpc) is 3.11. The predicted molar refractivity (Wildman–Crippen MR) is 131 cm³/mol. The first-order chi connectivity index (χ1) is 17.0. The summed E-state index contributed by atoms with van der Waals surface area (Å²) >= 11 is 0. The first-order valence-electron chi connectivity index (χ1n) is 12.0. The number of likely N-dealkylation sites (tertiary alicyclic amines) is 1. The molecule has 0 atom stereocenters. The Morgan fingerprint density at radius 2 is 1.86 bits per heavy atom. The maximum absolute atomic E-state index is 14.4. The first kappa shape index (κ1) is 24.6. The molecule has 2 aromatic carbocycles. The van der Waals surface area contributed by atoms with Crippen LogP contribution in [-0.4, -0.2) is 58.4 Å². The van der Waals surface area contributed by atoms with Crippen LogP contribution in [0.2, 0.25) is 0 Å². The van der Waals surface area contributed by atoms with E-state index in [1.165, 1.54) is 13.1 Å². The molecule has 8 nitrogen and oxygen atoms in total. The Hall–Kier alpha value is -3.05. The molecule has 0 bridgehead atoms. The topological polar surface area (TPSA) is 98.8 Å². The molecule has 1 saturated carbocycles. The number of carbonyl (C=O) groups is 2. The molecule has 2 aromatic rings. The largest absolute Gasteiger partial charge is 0.349 e. The molecule has 11 heteroatoms. The van der Waals surface area contributed by atoms with Crippen LogP contribution in [0.4, 0.5) is 20.2 Å². The van der Waals surface area contributed by atoms with Crippen molar-refractivity contribution < 1.29 is 26.8 Å². The molecule has 2 aliphatic heterocycles. The van der Waals surface area contributed by atoms with E-state index in [1.54, 1.807) is 6.07 Å². The lowest BCUT2D eigenvalue weighted by molar-refractivity contribution is -0.123. The van der Waals surface area contributed by atoms with E-state index in [0.717, 1.165) is 48.8 Å². The van der Waals surface area contributed by atoms with E-state index in [4.69, 9.17) is 0 Å². The highest BCUT2D eigenvalue weighted by Gasteiger charge is 2.52. The monoisotopic (exact) mass is 518 g/mol. The molecule has 5 rings (SSSR count). The van der Waals surface area contributed by atoms with Crippen molar-refractivity contribution in [3.05, 3.63) is 53.1 Å². The van der Waals surface area contributed by atoms with Crippen molar-refractivity contribution in [1.82, 2.24) is 10.2 Å². The van der Waals surface area contributed by atoms with E-state index in [2.05, 4.69) is 15.5 Å². The standard InChI is InChI=1S/C25H28F2N4O4S/c1-30-10-6-16(7-11-30)28-23(32)18-13-17(14-19-22(18)29-24(33)25(19)8-3-9-25)31(2)36(34,35)21-5-4-15(26)12-20(21)27/h4-5,12-14,16H,3,6-11H2,1-2H3,(H,28,32)(H,29,33). The van der Waals surface area contributed by atoms with Crippen LogP contribution < -0.4 is 14.9 Å². The minimum absolute atomic E-state index is 0.0439. The van der Waals surface area contributed by atoms with Gasteiger partial charge in [0.15, 0.2) is 0 Å². The highest BCUT2D eigenvalue weighted by atomic mass is 32.2. The fourth-order valence-corrected chi connectivity index (χ4v) is 6.49. The minimum atomic E-state index is -4.42. The lowest BCUT2D eigenvalue weighted by Crippen LogP contribution is -2.43. The number of anilines is 2. The number of rotatable bonds is 5. The summed E-state index contributed by atoms with van der Waals surface area (Å²) in [4.78, 5) is 27.9. The van der Waals surface area contributed by atoms with Gasteiger partial charge in [-0.3, -0.25) is 13.9 Å². The second kappa shape index (κ2) is 8.81. The number of nitrogens with one attached hydrogen (secondary N) is 2. The summed E-state index contributed by atoms with van der Waals surface area (Å²) in [6.07, 6.45) is 3.57. The fourth-order valence-electron chi connectivity index (χ4n) is 5.27. The van der Waals surface area contributed by atoms with Crippen molar-refractivity contribution in [1.29, 1.82) is 0 Å². The van der Waals surface area contributed by atoms with Gasteiger partial charge in [-0.15, -0.1) is 0 Å². The van der Waals surface area contributed by atoms with E-state index in [0.29, 0.717) is 30.2 Å². The molecule has 0 unspecified atom stereocenters. The van der Waals surface area contributed by atoms with Gasteiger partial charge in [0, 0.05) is 19.2 Å². The van der Waals surface area contributed by atoms with E-state index in [9.17, 15) is 26.8 Å². The summed E-state index contributed by atoms with van der Waals surface area (Å²) in [5, 5.41) is 5.89. The highest BCUT2D eigenvalue weighted by molar-refractivity contribution is 7.92. The Bertz CT molecular complexity index is 1350. The first-order valence-corrected chi connectivity index (χ1v) is 13.4. The molecule has 2 heterocycles. The van der Waals surface area contributed by atoms with Crippen LogP contribution in [0.5, 0.6) is 0 Å². The van der Waals surface area contributed by atoms with Gasteiger partial charge in [-0.05, 0) is 75.6 Å². The average molecular weight is 519 g/mol. The van der Waals surface area contributed by atoms with Crippen LogP contribution in [0.1, 0.15) is 48.0 Å². The number of hydrogen-bond acceptors (Lipinski definition) is 5. The Balaban J connectivity index is 1.56. The van der Waals surface area contributed by atoms with Crippen LogP contribution in [0.25, 0.3) is 0 Å². The zero-order valence-corrected chi connectivity index (χ0v) is 20.9. The third-order valence-electron chi connectivity index (χ3n) is 7.71. The summed E-state index contributed by atoms with van der Waals surface area (Å²) in [5.74, 6) is -2.71. The van der Waals surface area contributed by atoms with E-state index in [-0.39, 0.29) is 23.2 Å². The maximum Gasteiger partial charge on any atom is 0.266 e. The van der Waals surface area contributed by atoms with Gasteiger partial charge < -0.3 is 15.5 Å². The molecule has 0 aromatic heterocycles. The summed E-state index contributed by atoms with van der Waals surface area (Å²) in [6.45, 7) is 1.68. The van der Waals surface area contributed by atoms with Gasteiger partial charge in [-0.1, -0.05) is 6.42 Å². The third kappa shape index (κ3) is 3.94. The number of hydrogen-bond donors (Lipinski definition) is 2. The van der Waals surface area contributed by atoms with E-state index in [1.807, 2.05) is 7.05 Å². The van der Waals surface area contributed by atoms with Gasteiger partial charge in [-0.25, -0.2) is 17.2 Å². The second-order valence-corrected chi connectivity index (χ2v) is 11.8. The summed E-state index contributed by atoms with van der Waals surface area (Å²) < 4.78 is 55.2. The molecule has 1 saturated heterocycles. The highest BCUT2D eigenvalue weighted by Crippen LogP contribution is 2.53. The lowest BCUT2D eigenvalue weighted by Gasteiger charge is -2.36. The van der Waals surface area contributed by atoms with Gasteiger partial charge >= 0.3 is 0 Å². The number of piperidine rings is 1. The fraction of sp³-hybridized carbons (Fsp3) is 0.440. The van der Waals surface area contributed by atoms with Crippen molar-refractivity contribution in [3.63, 3.8) is 0 Å². The van der Waals surface area contributed by atoms with Crippen molar-refractivity contribution in [2.45, 2.75) is 48.5 Å². The smallest absolute Gasteiger partial charge is 0.266 e. The van der Waals surface area contributed by atoms with Crippen molar-refractivity contribution in [3.8, 4) is 0 Å². The maximum atomic E-state index is 14.4. The van der Waals surface area contributed by atoms with Gasteiger partial charge in [0.2, 0.25) is 5.91 Å². The molecule has 2 amide bonds. The quantitative estimate of drug-likeness (QED) is 0.634. The van der Waals surface area contributed by atoms with Crippen molar-refractivity contribution in [2.75, 3.05) is 36.8 Å². The molecule has 0 radical (unpaired) electrons. The Morgan fingerprint density at radius 3 is 2.47 bits per heavy atom. The molecular weight excluding hydrogens is 490 g/mol. The summed E-state index contributed by atoms with van der Waals surface area (Å²) in [6, 6.07) is 5.19. The van der Waals surface area contributed by atoms with Crippen LogP contribution in [0, 0.1) is 11.6 Å². The lowest BCUT2D eigenvalue weighted by atomic mass is 9.65. The zero-order chi connectivity index (χ0) is 25.8. The number of nitrogens with zero attached hydrogens (tertiary/aromatic N) is 2. The van der Waals surface area contributed by atoms with Crippen molar-refractivity contribution >= 4 is 33.2 Å². The minimum Gasteiger partial charge on any atom is -0.349 e. The molecule has 1 spiro atoms. The van der Waals surface area contributed by atoms with Gasteiger partial charge in [0.25, 0.3) is 15.9 Å². The van der Waals surface area contributed by atoms with Gasteiger partial charge in [0.05, 0.1) is 22.4 Å². The number of benzene rings is 2. The summed E-state index contributed by atoms with van der Waals surface area (Å²) in [7, 11) is -1.16. The predicted octanol–water partition coefficient (Wildman–Crippen LogP) is 2.99. The molecule has 3 aliphatic rings. The molecule has 2 N–H and O–H groups in total. The van der Waals surface area contributed by atoms with E-state index < -0.39 is 37.9 Å².